The number of ether oxygens (including phenoxy) is 2. The summed E-state index contributed by atoms with van der Waals surface area (Å²) in [6, 6.07) is 7.31. The third-order valence-corrected chi connectivity index (χ3v) is 4.36. The third kappa shape index (κ3) is 3.32. The van der Waals surface area contributed by atoms with Gasteiger partial charge in [-0.2, -0.15) is 0 Å². The number of allylic oxidation sites excluding steroid dienone is 1. The van der Waals surface area contributed by atoms with Gasteiger partial charge in [0.1, 0.15) is 29.6 Å². The van der Waals surface area contributed by atoms with Gasteiger partial charge in [0.25, 0.3) is 0 Å². The van der Waals surface area contributed by atoms with Gasteiger partial charge < -0.3 is 13.9 Å². The molecule has 2 heterocycles. The Kier molecular flexibility index (Phi) is 4.81. The summed E-state index contributed by atoms with van der Waals surface area (Å²) in [6.07, 6.45) is 1.41. The molecule has 0 atom stereocenters. The lowest BCUT2D eigenvalue weighted by Crippen LogP contribution is -2.09. The van der Waals surface area contributed by atoms with Crippen molar-refractivity contribution < 1.29 is 40.6 Å². The first-order valence-electron chi connectivity index (χ1n) is 8.54. The summed E-state index contributed by atoms with van der Waals surface area (Å²) >= 11 is 0. The van der Waals surface area contributed by atoms with E-state index in [-0.39, 0.29) is 22.8 Å². The molecule has 4 rings (SSSR count). The van der Waals surface area contributed by atoms with E-state index in [4.69, 9.17) is 13.9 Å². The van der Waals surface area contributed by atoms with Crippen LogP contribution in [0.1, 0.15) is 27.4 Å². The largest absolute Gasteiger partial charge is 0.489 e. The van der Waals surface area contributed by atoms with Crippen molar-refractivity contribution in [2.45, 2.75) is 13.5 Å². The molecule has 0 bridgehead atoms. The summed E-state index contributed by atoms with van der Waals surface area (Å²) in [4.78, 5) is 12.4. The topological polar surface area (TPSA) is 48.7 Å². The lowest BCUT2D eigenvalue weighted by Gasteiger charge is -2.10. The van der Waals surface area contributed by atoms with Gasteiger partial charge in [0.15, 0.2) is 29.0 Å². The van der Waals surface area contributed by atoms with Crippen LogP contribution in [0.3, 0.4) is 0 Å². The minimum atomic E-state index is -2.25. The zero-order valence-corrected chi connectivity index (χ0v) is 15.2. The van der Waals surface area contributed by atoms with E-state index in [1.54, 1.807) is 19.1 Å². The first kappa shape index (κ1) is 19.7. The van der Waals surface area contributed by atoms with Gasteiger partial charge in [-0.3, -0.25) is 4.79 Å². The maximum atomic E-state index is 13.7. The number of Topliss-reactive ketones (excluding diaryl/α,β-unsaturated/α-hetero) is 1. The monoisotopic (exact) mass is 422 g/mol. The van der Waals surface area contributed by atoms with Crippen LogP contribution in [0.2, 0.25) is 0 Å². The molecule has 30 heavy (non-hydrogen) atoms. The van der Waals surface area contributed by atoms with Gasteiger partial charge in [0, 0.05) is 12.1 Å². The van der Waals surface area contributed by atoms with E-state index < -0.39 is 47.0 Å². The molecule has 0 fully saturated rings. The van der Waals surface area contributed by atoms with Crippen LogP contribution in [0, 0.1) is 36.0 Å². The number of carbonyl (C=O) groups is 1. The van der Waals surface area contributed by atoms with Crippen molar-refractivity contribution in [1.82, 2.24) is 0 Å². The molecule has 0 unspecified atom stereocenters. The SMILES string of the molecule is Cc1ccc(C=C2Oc3cc(OCc4c(F)c(F)c(F)c(F)c4F)ccc3C2=O)o1. The van der Waals surface area contributed by atoms with Gasteiger partial charge in [0.05, 0.1) is 11.1 Å². The minimum Gasteiger partial charge on any atom is -0.489 e. The summed E-state index contributed by atoms with van der Waals surface area (Å²) in [5.74, 6) is -9.55. The number of furan rings is 1. The second-order valence-corrected chi connectivity index (χ2v) is 6.38. The van der Waals surface area contributed by atoms with E-state index >= 15 is 0 Å². The van der Waals surface area contributed by atoms with Crippen LogP contribution in [0.4, 0.5) is 22.0 Å². The van der Waals surface area contributed by atoms with Crippen LogP contribution in [0.15, 0.2) is 40.5 Å². The maximum Gasteiger partial charge on any atom is 0.232 e. The lowest BCUT2D eigenvalue weighted by molar-refractivity contribution is 0.101. The number of aryl methyl sites for hydroxylation is 1. The summed E-state index contributed by atoms with van der Waals surface area (Å²) in [7, 11) is 0. The zero-order valence-electron chi connectivity index (χ0n) is 15.2. The minimum absolute atomic E-state index is 0.000541. The molecule has 0 spiro atoms. The molecule has 0 amide bonds. The number of halogens is 5. The quantitative estimate of drug-likeness (QED) is 0.242. The number of fused-ring (bicyclic) bond motifs is 1. The van der Waals surface area contributed by atoms with Crippen LogP contribution < -0.4 is 9.47 Å². The Morgan fingerprint density at radius 1 is 0.933 bits per heavy atom. The second-order valence-electron chi connectivity index (χ2n) is 6.38. The van der Waals surface area contributed by atoms with Crippen molar-refractivity contribution in [2.24, 2.45) is 0 Å². The zero-order chi connectivity index (χ0) is 21.6. The first-order chi connectivity index (χ1) is 14.3. The van der Waals surface area contributed by atoms with E-state index in [0.29, 0.717) is 11.5 Å². The fourth-order valence-electron chi connectivity index (χ4n) is 2.85. The Morgan fingerprint density at radius 3 is 2.23 bits per heavy atom. The average molecular weight is 422 g/mol. The lowest BCUT2D eigenvalue weighted by atomic mass is 10.1. The second kappa shape index (κ2) is 7.33. The summed E-state index contributed by atoms with van der Waals surface area (Å²) in [5.41, 5.74) is -0.897. The van der Waals surface area contributed by atoms with Gasteiger partial charge in [-0.1, -0.05) is 0 Å². The molecular weight excluding hydrogens is 411 g/mol. The molecule has 0 saturated carbocycles. The van der Waals surface area contributed by atoms with Crippen molar-refractivity contribution >= 4 is 11.9 Å². The average Bonchev–Trinajstić information content (AvgIpc) is 3.27. The van der Waals surface area contributed by atoms with Crippen molar-refractivity contribution in [1.29, 1.82) is 0 Å². The smallest absolute Gasteiger partial charge is 0.232 e. The molecule has 0 N–H and O–H groups in total. The van der Waals surface area contributed by atoms with Gasteiger partial charge in [0.2, 0.25) is 11.6 Å². The Balaban J connectivity index is 1.56. The molecule has 0 aliphatic carbocycles. The molecule has 1 aliphatic rings. The van der Waals surface area contributed by atoms with E-state index in [2.05, 4.69) is 0 Å². The van der Waals surface area contributed by atoms with Gasteiger partial charge in [-0.25, -0.2) is 22.0 Å². The Labute approximate surface area is 166 Å². The standard InChI is InChI=1S/C21H11F5O4/c1-9-2-3-11(29-9)7-15-21(27)12-5-4-10(6-14(12)30-15)28-8-13-16(22)18(24)20(26)19(25)17(13)23/h2-7H,8H2,1H3. The van der Waals surface area contributed by atoms with E-state index in [0.717, 1.165) is 0 Å². The highest BCUT2D eigenvalue weighted by Gasteiger charge is 2.29. The van der Waals surface area contributed by atoms with Crippen LogP contribution >= 0.6 is 0 Å². The molecule has 1 aliphatic heterocycles. The van der Waals surface area contributed by atoms with Gasteiger partial charge in [-0.15, -0.1) is 0 Å². The molecule has 0 saturated heterocycles. The van der Waals surface area contributed by atoms with Crippen LogP contribution in [-0.4, -0.2) is 5.78 Å². The first-order valence-corrected chi connectivity index (χ1v) is 8.54. The fraction of sp³-hybridized carbons (Fsp3) is 0.0952. The number of benzene rings is 2. The van der Waals surface area contributed by atoms with Crippen LogP contribution in [0.5, 0.6) is 11.5 Å². The number of carbonyl (C=O) groups excluding carboxylic acids is 1. The predicted octanol–water partition coefficient (Wildman–Crippen LogP) is 5.48. The fourth-order valence-corrected chi connectivity index (χ4v) is 2.85. The molecule has 0 radical (unpaired) electrons. The van der Waals surface area contributed by atoms with Crippen molar-refractivity contribution in [3.63, 3.8) is 0 Å². The Bertz CT molecular complexity index is 1180. The van der Waals surface area contributed by atoms with Crippen molar-refractivity contribution in [3.05, 3.63) is 87.8 Å². The molecular formula is C21H11F5O4. The molecule has 2 aromatic carbocycles. The Hall–Kier alpha value is -3.62. The molecule has 9 heteroatoms. The third-order valence-electron chi connectivity index (χ3n) is 4.36. The summed E-state index contributed by atoms with van der Waals surface area (Å²) in [5, 5.41) is 0. The highest BCUT2D eigenvalue weighted by molar-refractivity contribution is 6.14. The number of rotatable bonds is 4. The number of hydrogen-bond acceptors (Lipinski definition) is 4. The number of hydrogen-bond donors (Lipinski definition) is 0. The predicted molar refractivity (Wildman–Crippen MR) is 93.4 cm³/mol. The molecule has 154 valence electrons. The molecule has 4 nitrogen and oxygen atoms in total. The molecule has 1 aromatic heterocycles. The van der Waals surface area contributed by atoms with Gasteiger partial charge >= 0.3 is 0 Å². The highest BCUT2D eigenvalue weighted by atomic mass is 19.2. The summed E-state index contributed by atoms with van der Waals surface area (Å²) in [6.45, 7) is 0.815. The van der Waals surface area contributed by atoms with E-state index in [1.165, 1.54) is 24.3 Å². The highest BCUT2D eigenvalue weighted by Crippen LogP contribution is 2.35. The van der Waals surface area contributed by atoms with Gasteiger partial charge in [-0.05, 0) is 31.2 Å². The maximum absolute atomic E-state index is 13.7. The van der Waals surface area contributed by atoms with E-state index in [9.17, 15) is 26.7 Å². The Morgan fingerprint density at radius 2 is 1.60 bits per heavy atom. The van der Waals surface area contributed by atoms with Crippen LogP contribution in [0.25, 0.3) is 6.08 Å². The van der Waals surface area contributed by atoms with Crippen molar-refractivity contribution in [3.8, 4) is 11.5 Å². The summed E-state index contributed by atoms with van der Waals surface area (Å²) < 4.78 is 83.2. The normalized spacial score (nSPS) is 14.2. The van der Waals surface area contributed by atoms with E-state index in [1.807, 2.05) is 0 Å². The molecule has 3 aromatic rings. The van der Waals surface area contributed by atoms with Crippen molar-refractivity contribution in [2.75, 3.05) is 0 Å². The number of ketones is 1. The van der Waals surface area contributed by atoms with Crippen LogP contribution in [-0.2, 0) is 6.61 Å².